The van der Waals surface area contributed by atoms with Gasteiger partial charge in [-0.25, -0.2) is 4.79 Å². The molecule has 1 N–H and O–H groups in total. The quantitative estimate of drug-likeness (QED) is 0.246. The third kappa shape index (κ3) is 6.29. The van der Waals surface area contributed by atoms with Gasteiger partial charge in [-0.1, -0.05) is 44.3 Å². The standard InChI is InChI=1S/C25H41N2O6PS2Si/c1-16(2)17-9-11-25(6)20(13-17)32-34(35,36-25)30-15-19-18(33-37(7,8)24(3,4)5)14-22(31-19)27-12-10-21(28)26-23(27)29/h10,12,17-20,22H,1,9,11,13-15H2,2-8H3,(H,26,28,29)/t17-,18+,19-,20+,22-,25+,34+/m1/s1. The van der Waals surface area contributed by atoms with E-state index in [1.165, 1.54) is 22.4 Å². The largest absolute Gasteiger partial charge is 0.411 e. The van der Waals surface area contributed by atoms with Crippen LogP contribution in [0.4, 0.5) is 0 Å². The second-order valence-corrected chi connectivity index (χ2v) is 23.7. The number of nitrogens with zero attached hydrogens (tertiary/aromatic N) is 1. The molecule has 2 saturated heterocycles. The van der Waals surface area contributed by atoms with E-state index in [4.69, 9.17) is 30.0 Å². The highest BCUT2D eigenvalue weighted by atomic mass is 32.9. The number of hydrogen-bond acceptors (Lipinski definition) is 8. The number of aromatic nitrogens is 2. The summed E-state index contributed by atoms with van der Waals surface area (Å²) in [6.07, 6.45) is 3.78. The van der Waals surface area contributed by atoms with E-state index in [-0.39, 0.29) is 28.6 Å². The van der Waals surface area contributed by atoms with Gasteiger partial charge in [-0.05, 0) is 69.0 Å². The molecule has 0 amide bonds. The first-order chi connectivity index (χ1) is 17.0. The van der Waals surface area contributed by atoms with Gasteiger partial charge in [0, 0.05) is 23.4 Å². The highest BCUT2D eigenvalue weighted by Gasteiger charge is 2.54. The number of hydrogen-bond donors (Lipinski definition) is 1. The molecular formula is C25H41N2O6PS2Si. The van der Waals surface area contributed by atoms with E-state index < -0.39 is 37.6 Å². The van der Waals surface area contributed by atoms with E-state index >= 15 is 0 Å². The Hall–Kier alpha value is -0.523. The predicted octanol–water partition coefficient (Wildman–Crippen LogP) is 5.72. The lowest BCUT2D eigenvalue weighted by atomic mass is 9.77. The molecule has 1 aromatic rings. The molecule has 3 aliphatic rings. The van der Waals surface area contributed by atoms with Crippen LogP contribution < -0.4 is 11.2 Å². The van der Waals surface area contributed by atoms with Gasteiger partial charge in [0.25, 0.3) is 5.56 Å². The summed E-state index contributed by atoms with van der Waals surface area (Å²) in [6.45, 7) is 19.7. The highest BCUT2D eigenvalue weighted by Crippen LogP contribution is 2.75. The fourth-order valence-electron chi connectivity index (χ4n) is 4.96. The number of allylic oxidation sites excluding steroid dienone is 1. The molecule has 12 heteroatoms. The lowest BCUT2D eigenvalue weighted by Crippen LogP contribution is -2.46. The zero-order valence-corrected chi connectivity index (χ0v) is 26.5. The van der Waals surface area contributed by atoms with Crippen molar-refractivity contribution in [3.05, 3.63) is 45.3 Å². The van der Waals surface area contributed by atoms with Crippen molar-refractivity contribution in [2.45, 2.75) is 108 Å². The Labute approximate surface area is 229 Å². The van der Waals surface area contributed by atoms with Gasteiger partial charge in [-0.15, -0.1) is 0 Å². The average molecular weight is 589 g/mol. The van der Waals surface area contributed by atoms with Gasteiger partial charge in [0.05, 0.1) is 18.8 Å². The van der Waals surface area contributed by atoms with Gasteiger partial charge in [0.15, 0.2) is 8.32 Å². The van der Waals surface area contributed by atoms with E-state index in [1.54, 1.807) is 11.4 Å². The number of fused-ring (bicyclic) bond motifs is 1. The fraction of sp³-hybridized carbons (Fsp3) is 0.760. The van der Waals surface area contributed by atoms with E-state index in [9.17, 15) is 9.59 Å². The van der Waals surface area contributed by atoms with Crippen LogP contribution in [0.15, 0.2) is 34.0 Å². The maximum atomic E-state index is 12.5. The summed E-state index contributed by atoms with van der Waals surface area (Å²) in [5.74, 6) is 0.456. The Kier molecular flexibility index (Phi) is 8.33. The van der Waals surface area contributed by atoms with Gasteiger partial charge in [0.2, 0.25) is 5.69 Å². The van der Waals surface area contributed by atoms with E-state index in [0.717, 1.165) is 19.3 Å². The molecule has 37 heavy (non-hydrogen) atoms. The first kappa shape index (κ1) is 29.5. The molecule has 1 aliphatic carbocycles. The second-order valence-electron chi connectivity index (χ2n) is 12.4. The average Bonchev–Trinajstić information content (AvgIpc) is 3.27. The zero-order valence-electron chi connectivity index (χ0n) is 22.9. The minimum Gasteiger partial charge on any atom is -0.411 e. The third-order valence-electron chi connectivity index (χ3n) is 8.43. The first-order valence-electron chi connectivity index (χ1n) is 13.0. The van der Waals surface area contributed by atoms with Gasteiger partial charge >= 0.3 is 5.69 Å². The summed E-state index contributed by atoms with van der Waals surface area (Å²) in [7, 11) is -2.14. The predicted molar refractivity (Wildman–Crippen MR) is 155 cm³/mol. The molecule has 208 valence electrons. The smallest absolute Gasteiger partial charge is 0.330 e. The third-order valence-corrected chi connectivity index (χ3v) is 18.8. The Balaban J connectivity index is 1.51. The number of ether oxygens (including phenoxy) is 1. The minimum atomic E-state index is -2.59. The molecule has 4 rings (SSSR count). The van der Waals surface area contributed by atoms with Crippen molar-refractivity contribution in [3.63, 3.8) is 0 Å². The van der Waals surface area contributed by atoms with Crippen LogP contribution in [0, 0.1) is 5.92 Å². The summed E-state index contributed by atoms with van der Waals surface area (Å²) in [5.41, 5.74) is -2.33. The van der Waals surface area contributed by atoms with Crippen molar-refractivity contribution >= 4 is 37.2 Å². The Bertz CT molecular complexity index is 1200. The monoisotopic (exact) mass is 588 g/mol. The van der Waals surface area contributed by atoms with Crippen LogP contribution in [-0.2, 0) is 30.0 Å². The fourth-order valence-corrected chi connectivity index (χ4v) is 13.5. The van der Waals surface area contributed by atoms with Gasteiger partial charge in [0.1, 0.15) is 12.3 Å². The van der Waals surface area contributed by atoms with Crippen LogP contribution in [0.25, 0.3) is 0 Å². The van der Waals surface area contributed by atoms with Gasteiger partial charge in [-0.3, -0.25) is 14.3 Å². The normalized spacial score (nSPS) is 36.5. The summed E-state index contributed by atoms with van der Waals surface area (Å²) in [6, 6.07) is 1.33. The zero-order chi connectivity index (χ0) is 27.4. The van der Waals surface area contributed by atoms with E-state index in [2.05, 4.69) is 59.3 Å². The summed E-state index contributed by atoms with van der Waals surface area (Å²) in [4.78, 5) is 26.4. The first-order valence-corrected chi connectivity index (χ1v) is 19.9. The maximum absolute atomic E-state index is 12.5. The van der Waals surface area contributed by atoms with Crippen LogP contribution in [0.1, 0.15) is 66.5 Å². The van der Waals surface area contributed by atoms with Crippen LogP contribution >= 0.6 is 17.1 Å². The topological polar surface area (TPSA) is 91.8 Å². The van der Waals surface area contributed by atoms with Gasteiger partial charge in [-0.2, -0.15) is 0 Å². The molecule has 3 heterocycles. The second kappa shape index (κ2) is 10.5. The lowest BCUT2D eigenvalue weighted by molar-refractivity contribution is -0.0395. The molecule has 2 aliphatic heterocycles. The summed E-state index contributed by atoms with van der Waals surface area (Å²) < 4.78 is 27.3. The molecule has 3 fully saturated rings. The van der Waals surface area contributed by atoms with E-state index in [0.29, 0.717) is 12.3 Å². The van der Waals surface area contributed by atoms with Gasteiger partial charge < -0.3 is 18.2 Å². The van der Waals surface area contributed by atoms with Crippen LogP contribution in [-0.4, -0.2) is 47.5 Å². The molecule has 1 saturated carbocycles. The number of H-pyrrole nitrogens is 1. The van der Waals surface area contributed by atoms with Crippen LogP contribution in [0.3, 0.4) is 0 Å². The molecular weight excluding hydrogens is 547 g/mol. The highest BCUT2D eigenvalue weighted by molar-refractivity contribution is 8.68. The van der Waals surface area contributed by atoms with Crippen molar-refractivity contribution in [2.75, 3.05) is 6.61 Å². The maximum Gasteiger partial charge on any atom is 0.330 e. The van der Waals surface area contributed by atoms with Crippen molar-refractivity contribution in [2.24, 2.45) is 5.92 Å². The van der Waals surface area contributed by atoms with E-state index in [1.807, 2.05) is 0 Å². The van der Waals surface area contributed by atoms with Crippen molar-refractivity contribution < 1.29 is 18.2 Å². The lowest BCUT2D eigenvalue weighted by Gasteiger charge is -2.39. The number of rotatable bonds is 7. The summed E-state index contributed by atoms with van der Waals surface area (Å²) >= 11 is 7.67. The molecule has 0 unspecified atom stereocenters. The number of nitrogens with one attached hydrogen (secondary N) is 1. The van der Waals surface area contributed by atoms with Crippen LogP contribution in [0.2, 0.25) is 18.1 Å². The molecule has 0 bridgehead atoms. The SMILES string of the molecule is C=C(C)[C@@H]1CC[C@]2(C)S[P@@](=S)(OC[C@H]3O[C@@H](n4ccc(=O)[nH]c4=O)C[C@@H]3O[Si](C)(C)C(C)(C)C)O[C@H]2C1. The summed E-state index contributed by atoms with van der Waals surface area (Å²) in [5, 5.41) is 0.00603. The number of aromatic amines is 1. The molecule has 1 aromatic heterocycles. The van der Waals surface area contributed by atoms with Crippen LogP contribution in [0.5, 0.6) is 0 Å². The van der Waals surface area contributed by atoms with Crippen molar-refractivity contribution in [1.29, 1.82) is 0 Å². The minimum absolute atomic E-state index is 0.00603. The molecule has 0 aromatic carbocycles. The molecule has 8 nitrogen and oxygen atoms in total. The van der Waals surface area contributed by atoms with Crippen molar-refractivity contribution in [1.82, 2.24) is 9.55 Å². The Morgan fingerprint density at radius 3 is 2.70 bits per heavy atom. The molecule has 7 atom stereocenters. The Morgan fingerprint density at radius 2 is 2.08 bits per heavy atom. The Morgan fingerprint density at radius 1 is 1.38 bits per heavy atom. The molecule has 0 spiro atoms. The van der Waals surface area contributed by atoms with Crippen molar-refractivity contribution in [3.8, 4) is 0 Å². The molecule has 0 radical (unpaired) electrons.